The first-order valence-corrected chi connectivity index (χ1v) is 6.59. The zero-order valence-corrected chi connectivity index (χ0v) is 11.0. The number of benzene rings is 1. The van der Waals surface area contributed by atoms with Gasteiger partial charge in [-0.1, -0.05) is 44.4 Å². The van der Waals surface area contributed by atoms with Gasteiger partial charge >= 0.3 is 18.9 Å². The third-order valence-corrected chi connectivity index (χ3v) is 2.96. The van der Waals surface area contributed by atoms with E-state index < -0.39 is 0 Å². The molecule has 0 saturated heterocycles. The van der Waals surface area contributed by atoms with Crippen molar-refractivity contribution in [3.8, 4) is 0 Å². The Hall–Kier alpha value is -0.383. The number of unbranched alkanes of at least 4 members (excludes halogenated alkanes) is 2. The normalized spacial score (nSPS) is 9.82. The van der Waals surface area contributed by atoms with Crippen molar-refractivity contribution in [3.63, 3.8) is 0 Å². The van der Waals surface area contributed by atoms with Crippen LogP contribution in [-0.2, 0) is 0 Å². The number of hydrogen-bond donors (Lipinski definition) is 0. The van der Waals surface area contributed by atoms with Gasteiger partial charge in [0.25, 0.3) is 0 Å². The van der Waals surface area contributed by atoms with Crippen LogP contribution in [0.2, 0.25) is 0 Å². The van der Waals surface area contributed by atoms with E-state index in [9.17, 15) is 0 Å². The fourth-order valence-corrected chi connectivity index (χ4v) is 1.82. The molecule has 1 nitrogen and oxygen atoms in total. The van der Waals surface area contributed by atoms with Crippen LogP contribution in [0.1, 0.15) is 45.1 Å². The Morgan fingerprint density at radius 1 is 0.882 bits per heavy atom. The molecular weight excluding hydrogens is 201 g/mol. The summed E-state index contributed by atoms with van der Waals surface area (Å²) in [5.74, 6) is 0. The predicted octanol–water partition coefficient (Wildman–Crippen LogP) is 3.75. The van der Waals surface area contributed by atoms with Crippen LogP contribution in [0.25, 0.3) is 0 Å². The van der Waals surface area contributed by atoms with Crippen molar-refractivity contribution in [1.82, 2.24) is 0 Å². The van der Waals surface area contributed by atoms with Crippen molar-refractivity contribution >= 4 is 24.5 Å². The van der Waals surface area contributed by atoms with E-state index in [1.807, 2.05) is 0 Å². The van der Waals surface area contributed by atoms with Crippen LogP contribution in [-0.4, -0.2) is 32.0 Å². The Bertz CT molecular complexity index is 273. The summed E-state index contributed by atoms with van der Waals surface area (Å²) in [5, 5.41) is 0. The summed E-state index contributed by atoms with van der Waals surface area (Å²) in [5.41, 5.74) is 2.72. The molecule has 17 heavy (non-hydrogen) atoms. The molecule has 1 aromatic rings. The summed E-state index contributed by atoms with van der Waals surface area (Å²) in [7, 11) is 0. The average Bonchev–Trinajstić information content (AvgIpc) is 2.31. The van der Waals surface area contributed by atoms with E-state index in [2.05, 4.69) is 49.9 Å². The number of rotatable bonds is 7. The van der Waals surface area contributed by atoms with Crippen molar-refractivity contribution in [1.29, 1.82) is 0 Å². The van der Waals surface area contributed by atoms with Gasteiger partial charge in [0.2, 0.25) is 0 Å². The molecule has 0 radical (unpaired) electrons. The molecule has 1 aromatic carbocycles. The minimum atomic E-state index is 0. The molecule has 0 aliphatic carbocycles. The Kier molecular flexibility index (Phi) is 9.41. The van der Waals surface area contributed by atoms with E-state index in [4.69, 9.17) is 0 Å². The Labute approximate surface area is 119 Å². The quantitative estimate of drug-likeness (QED) is 0.641. The molecule has 0 unspecified atom stereocenters. The van der Waals surface area contributed by atoms with Crippen LogP contribution in [0.15, 0.2) is 24.3 Å². The second-order valence-corrected chi connectivity index (χ2v) is 4.53. The van der Waals surface area contributed by atoms with Gasteiger partial charge in [-0.3, -0.25) is 0 Å². The molecule has 0 bridgehead atoms. The van der Waals surface area contributed by atoms with E-state index in [-0.39, 0.29) is 18.9 Å². The molecule has 0 amide bonds. The van der Waals surface area contributed by atoms with Gasteiger partial charge in [-0.05, 0) is 31.9 Å². The van der Waals surface area contributed by atoms with Gasteiger partial charge in [0, 0.05) is 18.8 Å². The van der Waals surface area contributed by atoms with E-state index >= 15 is 0 Å². The molecule has 0 spiro atoms. The minimum absolute atomic E-state index is 0. The molecule has 0 heterocycles. The maximum absolute atomic E-state index is 2.52. The fourth-order valence-electron chi connectivity index (χ4n) is 1.82. The van der Waals surface area contributed by atoms with E-state index in [1.165, 1.54) is 50.0 Å². The monoisotopic (exact) mass is 227 g/mol. The molecule has 2 heteroatoms. The van der Waals surface area contributed by atoms with Gasteiger partial charge in [0.15, 0.2) is 0 Å². The average molecular weight is 227 g/mol. The Morgan fingerprint density at radius 2 is 1.35 bits per heavy atom. The first kappa shape index (κ1) is 16.6. The van der Waals surface area contributed by atoms with Gasteiger partial charge in [-0.15, -0.1) is 0 Å². The van der Waals surface area contributed by atoms with E-state index in [0.29, 0.717) is 0 Å². The number of anilines is 1. The van der Waals surface area contributed by atoms with Crippen molar-refractivity contribution in [2.24, 2.45) is 0 Å². The SMILES string of the molecule is CCCCN(CCCC)c1ccc(C)cc1.[LiH]. The van der Waals surface area contributed by atoms with Crippen molar-refractivity contribution < 1.29 is 0 Å². The standard InChI is InChI=1S/C15H25N.Li.H/c1-4-6-12-16(13-7-5-2)15-10-8-14(3)9-11-15;;/h8-11H,4-7,12-13H2,1-3H3;;. The molecule has 1 rings (SSSR count). The van der Waals surface area contributed by atoms with Gasteiger partial charge in [0.1, 0.15) is 0 Å². The van der Waals surface area contributed by atoms with E-state index in [0.717, 1.165) is 0 Å². The summed E-state index contributed by atoms with van der Waals surface area (Å²) in [6, 6.07) is 8.92. The molecule has 0 N–H and O–H groups in total. The molecule has 0 atom stereocenters. The second-order valence-electron chi connectivity index (χ2n) is 4.53. The van der Waals surface area contributed by atoms with Gasteiger partial charge in [0.05, 0.1) is 0 Å². The van der Waals surface area contributed by atoms with Gasteiger partial charge < -0.3 is 4.90 Å². The molecular formula is C15H26LiN. The second kappa shape index (κ2) is 9.63. The van der Waals surface area contributed by atoms with Crippen LogP contribution in [0.5, 0.6) is 0 Å². The zero-order chi connectivity index (χ0) is 11.8. The van der Waals surface area contributed by atoms with E-state index in [1.54, 1.807) is 0 Å². The van der Waals surface area contributed by atoms with Crippen LogP contribution in [0.4, 0.5) is 5.69 Å². The molecule has 0 aliphatic rings. The van der Waals surface area contributed by atoms with Crippen molar-refractivity contribution in [2.75, 3.05) is 18.0 Å². The maximum atomic E-state index is 2.52. The summed E-state index contributed by atoms with van der Waals surface area (Å²) < 4.78 is 0. The third-order valence-electron chi connectivity index (χ3n) is 2.96. The molecule has 0 fully saturated rings. The van der Waals surface area contributed by atoms with Crippen LogP contribution >= 0.6 is 0 Å². The van der Waals surface area contributed by atoms with Gasteiger partial charge in [-0.2, -0.15) is 0 Å². The number of hydrogen-bond acceptors (Lipinski definition) is 1. The van der Waals surface area contributed by atoms with Crippen molar-refractivity contribution in [3.05, 3.63) is 29.8 Å². The molecule has 0 aromatic heterocycles. The van der Waals surface area contributed by atoms with Crippen LogP contribution in [0.3, 0.4) is 0 Å². The fraction of sp³-hybridized carbons (Fsp3) is 0.600. The topological polar surface area (TPSA) is 3.24 Å². The summed E-state index contributed by atoms with van der Waals surface area (Å²) in [6.07, 6.45) is 5.12. The molecule has 0 saturated carbocycles. The Morgan fingerprint density at radius 3 is 1.76 bits per heavy atom. The number of aryl methyl sites for hydroxylation is 1. The molecule has 0 aliphatic heterocycles. The summed E-state index contributed by atoms with van der Waals surface area (Å²) in [6.45, 7) is 9.05. The number of nitrogens with zero attached hydrogens (tertiary/aromatic N) is 1. The van der Waals surface area contributed by atoms with Gasteiger partial charge in [-0.25, -0.2) is 0 Å². The van der Waals surface area contributed by atoms with Crippen LogP contribution < -0.4 is 4.90 Å². The predicted molar refractivity (Wildman–Crippen MR) is 80.4 cm³/mol. The van der Waals surface area contributed by atoms with Crippen molar-refractivity contribution in [2.45, 2.75) is 46.5 Å². The Balaban J connectivity index is 0.00000256. The third kappa shape index (κ3) is 6.20. The first-order valence-electron chi connectivity index (χ1n) is 6.59. The van der Waals surface area contributed by atoms with Crippen LogP contribution in [0, 0.1) is 6.92 Å². The summed E-state index contributed by atoms with van der Waals surface area (Å²) in [4.78, 5) is 2.52. The summed E-state index contributed by atoms with van der Waals surface area (Å²) >= 11 is 0. The zero-order valence-electron chi connectivity index (χ0n) is 11.0. The first-order chi connectivity index (χ1) is 7.77. The molecule has 92 valence electrons.